The second-order valence-electron chi connectivity index (χ2n) is 4.98. The SMILES string of the molecule is CCCCc1nc2ccccc2nc1-c1ccccc1. The van der Waals surface area contributed by atoms with Crippen LogP contribution in [-0.2, 0) is 6.42 Å². The van der Waals surface area contributed by atoms with E-state index < -0.39 is 0 Å². The van der Waals surface area contributed by atoms with Gasteiger partial charge in [0.05, 0.1) is 22.4 Å². The summed E-state index contributed by atoms with van der Waals surface area (Å²) in [6.45, 7) is 2.21. The standard InChI is InChI=1S/C18H18N2/c1-2-3-11-17-18(14-9-5-4-6-10-14)20-16-13-8-7-12-15(16)19-17/h4-10,12-13H,2-3,11H2,1H3. The number of unbranched alkanes of at least 4 members (excludes halogenated alkanes) is 1. The van der Waals surface area contributed by atoms with Crippen LogP contribution in [0.3, 0.4) is 0 Å². The van der Waals surface area contributed by atoms with Crippen LogP contribution in [0.2, 0.25) is 0 Å². The van der Waals surface area contributed by atoms with Gasteiger partial charge in [0.25, 0.3) is 0 Å². The minimum Gasteiger partial charge on any atom is -0.249 e. The molecule has 1 aromatic heterocycles. The van der Waals surface area contributed by atoms with Gasteiger partial charge in [0, 0.05) is 5.56 Å². The van der Waals surface area contributed by atoms with Crippen molar-refractivity contribution in [2.24, 2.45) is 0 Å². The Balaban J connectivity index is 2.16. The molecule has 0 saturated heterocycles. The lowest BCUT2D eigenvalue weighted by molar-refractivity contribution is 0.778. The zero-order chi connectivity index (χ0) is 13.8. The number of para-hydroxylation sites is 2. The molecule has 0 saturated carbocycles. The third-order valence-corrected chi connectivity index (χ3v) is 3.46. The van der Waals surface area contributed by atoms with Crippen LogP contribution in [-0.4, -0.2) is 9.97 Å². The van der Waals surface area contributed by atoms with Gasteiger partial charge in [-0.2, -0.15) is 0 Å². The first kappa shape index (κ1) is 12.8. The van der Waals surface area contributed by atoms with Crippen LogP contribution in [0.5, 0.6) is 0 Å². The zero-order valence-electron chi connectivity index (χ0n) is 11.7. The van der Waals surface area contributed by atoms with Crippen LogP contribution >= 0.6 is 0 Å². The van der Waals surface area contributed by atoms with Gasteiger partial charge in [-0.1, -0.05) is 55.8 Å². The van der Waals surface area contributed by atoms with Gasteiger partial charge in [-0.3, -0.25) is 0 Å². The first-order chi connectivity index (χ1) is 9.88. The van der Waals surface area contributed by atoms with Crippen LogP contribution in [0.15, 0.2) is 54.6 Å². The largest absolute Gasteiger partial charge is 0.249 e. The molecular weight excluding hydrogens is 244 g/mol. The summed E-state index contributed by atoms with van der Waals surface area (Å²) in [7, 11) is 0. The number of nitrogens with zero attached hydrogens (tertiary/aromatic N) is 2. The molecule has 0 bridgehead atoms. The average Bonchev–Trinajstić information content (AvgIpc) is 2.53. The molecule has 0 N–H and O–H groups in total. The van der Waals surface area contributed by atoms with E-state index in [-0.39, 0.29) is 0 Å². The molecule has 0 aliphatic carbocycles. The first-order valence-electron chi connectivity index (χ1n) is 7.19. The summed E-state index contributed by atoms with van der Waals surface area (Å²) in [5.41, 5.74) is 5.23. The minimum absolute atomic E-state index is 0.964. The monoisotopic (exact) mass is 262 g/mol. The fraction of sp³-hybridized carbons (Fsp3) is 0.222. The van der Waals surface area contributed by atoms with Crippen LogP contribution in [0.4, 0.5) is 0 Å². The van der Waals surface area contributed by atoms with Crippen molar-refractivity contribution in [1.29, 1.82) is 0 Å². The molecule has 2 nitrogen and oxygen atoms in total. The van der Waals surface area contributed by atoms with Gasteiger partial charge in [-0.25, -0.2) is 9.97 Å². The van der Waals surface area contributed by atoms with Crippen molar-refractivity contribution >= 4 is 11.0 Å². The molecule has 3 aromatic rings. The molecule has 0 unspecified atom stereocenters. The molecule has 100 valence electrons. The summed E-state index contributed by atoms with van der Waals surface area (Å²) >= 11 is 0. The quantitative estimate of drug-likeness (QED) is 0.684. The van der Waals surface area contributed by atoms with Gasteiger partial charge in [-0.05, 0) is 25.0 Å². The van der Waals surface area contributed by atoms with Crippen LogP contribution in [0.25, 0.3) is 22.3 Å². The molecule has 0 spiro atoms. The Morgan fingerprint density at radius 2 is 1.45 bits per heavy atom. The van der Waals surface area contributed by atoms with Gasteiger partial charge >= 0.3 is 0 Å². The molecule has 0 amide bonds. The smallest absolute Gasteiger partial charge is 0.0925 e. The highest BCUT2D eigenvalue weighted by Gasteiger charge is 2.10. The Bertz CT molecular complexity index is 705. The lowest BCUT2D eigenvalue weighted by Crippen LogP contribution is -1.99. The highest BCUT2D eigenvalue weighted by atomic mass is 14.8. The Morgan fingerprint density at radius 1 is 0.800 bits per heavy atom. The van der Waals surface area contributed by atoms with Crippen LogP contribution in [0, 0.1) is 0 Å². The van der Waals surface area contributed by atoms with Crippen molar-refractivity contribution in [2.45, 2.75) is 26.2 Å². The molecule has 20 heavy (non-hydrogen) atoms. The van der Waals surface area contributed by atoms with Gasteiger partial charge in [0.15, 0.2) is 0 Å². The van der Waals surface area contributed by atoms with E-state index in [0.717, 1.165) is 40.8 Å². The lowest BCUT2D eigenvalue weighted by Gasteiger charge is -2.09. The number of aryl methyl sites for hydroxylation is 1. The lowest BCUT2D eigenvalue weighted by atomic mass is 10.1. The summed E-state index contributed by atoms with van der Waals surface area (Å²) in [5, 5.41) is 0. The Kier molecular flexibility index (Phi) is 3.73. The normalized spacial score (nSPS) is 10.8. The van der Waals surface area contributed by atoms with Crippen molar-refractivity contribution in [3.8, 4) is 11.3 Å². The van der Waals surface area contributed by atoms with Gasteiger partial charge in [-0.15, -0.1) is 0 Å². The fourth-order valence-electron chi connectivity index (χ4n) is 2.38. The maximum absolute atomic E-state index is 4.84. The predicted octanol–water partition coefficient (Wildman–Crippen LogP) is 4.64. The number of hydrogen-bond donors (Lipinski definition) is 0. The van der Waals surface area contributed by atoms with Crippen LogP contribution < -0.4 is 0 Å². The van der Waals surface area contributed by atoms with Gasteiger partial charge < -0.3 is 0 Å². The van der Waals surface area contributed by atoms with Crippen molar-refractivity contribution in [2.75, 3.05) is 0 Å². The van der Waals surface area contributed by atoms with E-state index in [1.165, 1.54) is 6.42 Å². The van der Waals surface area contributed by atoms with Crippen molar-refractivity contribution in [3.05, 3.63) is 60.3 Å². The van der Waals surface area contributed by atoms with E-state index in [1.807, 2.05) is 30.3 Å². The molecule has 0 fully saturated rings. The number of fused-ring (bicyclic) bond motifs is 1. The highest BCUT2D eigenvalue weighted by Crippen LogP contribution is 2.24. The number of benzene rings is 2. The summed E-state index contributed by atoms with van der Waals surface area (Å²) in [4.78, 5) is 9.66. The molecule has 2 heteroatoms. The maximum Gasteiger partial charge on any atom is 0.0925 e. The Hall–Kier alpha value is -2.22. The Labute approximate surface area is 119 Å². The molecular formula is C18H18N2. The van der Waals surface area contributed by atoms with E-state index in [1.54, 1.807) is 0 Å². The highest BCUT2D eigenvalue weighted by molar-refractivity contribution is 5.78. The summed E-state index contributed by atoms with van der Waals surface area (Å²) in [5.74, 6) is 0. The molecule has 2 aromatic carbocycles. The van der Waals surface area contributed by atoms with E-state index in [0.29, 0.717) is 0 Å². The van der Waals surface area contributed by atoms with Crippen molar-refractivity contribution in [1.82, 2.24) is 9.97 Å². The number of hydrogen-bond acceptors (Lipinski definition) is 2. The van der Waals surface area contributed by atoms with Crippen molar-refractivity contribution in [3.63, 3.8) is 0 Å². The molecule has 0 atom stereocenters. The zero-order valence-corrected chi connectivity index (χ0v) is 11.7. The topological polar surface area (TPSA) is 25.8 Å². The second kappa shape index (κ2) is 5.83. The molecule has 0 aliphatic heterocycles. The first-order valence-corrected chi connectivity index (χ1v) is 7.19. The fourth-order valence-corrected chi connectivity index (χ4v) is 2.38. The number of aromatic nitrogens is 2. The maximum atomic E-state index is 4.84. The third kappa shape index (κ3) is 2.55. The van der Waals surface area contributed by atoms with Gasteiger partial charge in [0.2, 0.25) is 0 Å². The average molecular weight is 262 g/mol. The third-order valence-electron chi connectivity index (χ3n) is 3.46. The van der Waals surface area contributed by atoms with E-state index in [9.17, 15) is 0 Å². The summed E-state index contributed by atoms with van der Waals surface area (Å²) < 4.78 is 0. The minimum atomic E-state index is 0.964. The van der Waals surface area contributed by atoms with E-state index in [4.69, 9.17) is 9.97 Å². The molecule has 0 radical (unpaired) electrons. The predicted molar refractivity (Wildman–Crippen MR) is 83.6 cm³/mol. The summed E-state index contributed by atoms with van der Waals surface area (Å²) in [6.07, 6.45) is 3.30. The number of rotatable bonds is 4. The van der Waals surface area contributed by atoms with Gasteiger partial charge in [0.1, 0.15) is 0 Å². The van der Waals surface area contributed by atoms with E-state index >= 15 is 0 Å². The Morgan fingerprint density at radius 3 is 2.15 bits per heavy atom. The molecule has 1 heterocycles. The second-order valence-corrected chi connectivity index (χ2v) is 4.98. The van der Waals surface area contributed by atoms with Crippen molar-refractivity contribution < 1.29 is 0 Å². The molecule has 0 aliphatic rings. The summed E-state index contributed by atoms with van der Waals surface area (Å²) in [6, 6.07) is 18.4. The van der Waals surface area contributed by atoms with E-state index in [2.05, 4.69) is 31.2 Å². The molecule has 3 rings (SSSR count). The van der Waals surface area contributed by atoms with Crippen LogP contribution in [0.1, 0.15) is 25.5 Å².